The van der Waals surface area contributed by atoms with E-state index in [2.05, 4.69) is 38.0 Å². The molecule has 8 heteroatoms. The lowest BCUT2D eigenvalue weighted by atomic mass is 10.1. The molecular formula is C26H30FN5S2. The van der Waals surface area contributed by atoms with Crippen LogP contribution in [0.2, 0.25) is 0 Å². The van der Waals surface area contributed by atoms with Crippen molar-refractivity contribution in [3.8, 4) is 0 Å². The zero-order valence-electron chi connectivity index (χ0n) is 19.8. The van der Waals surface area contributed by atoms with E-state index in [1.54, 1.807) is 29.2 Å². The zero-order chi connectivity index (χ0) is 24.1. The van der Waals surface area contributed by atoms with Crippen molar-refractivity contribution < 1.29 is 4.39 Å². The molecule has 2 aromatic heterocycles. The largest absolute Gasteiger partial charge is 0.365 e. The van der Waals surface area contributed by atoms with Crippen molar-refractivity contribution in [2.75, 3.05) is 22.6 Å². The van der Waals surface area contributed by atoms with Crippen molar-refractivity contribution in [2.24, 2.45) is 10.9 Å². The fourth-order valence-electron chi connectivity index (χ4n) is 3.74. The minimum absolute atomic E-state index is 0.158. The van der Waals surface area contributed by atoms with Crippen molar-refractivity contribution in [2.45, 2.75) is 40.2 Å². The molecule has 0 bridgehead atoms. The van der Waals surface area contributed by atoms with E-state index >= 15 is 0 Å². The summed E-state index contributed by atoms with van der Waals surface area (Å²) in [7, 11) is 0. The molecule has 1 fully saturated rings. The molecule has 1 aromatic carbocycles. The molecule has 0 saturated heterocycles. The van der Waals surface area contributed by atoms with Crippen molar-refractivity contribution in [3.63, 3.8) is 0 Å². The number of nitrogens with one attached hydrogen (secondary N) is 1. The predicted octanol–water partition coefficient (Wildman–Crippen LogP) is 6.82. The lowest BCUT2D eigenvalue weighted by molar-refractivity contribution is 0.608. The number of pyridine rings is 1. The third-order valence-corrected chi connectivity index (χ3v) is 7.45. The highest BCUT2D eigenvalue weighted by Gasteiger charge is 2.25. The number of hydrogen-bond donors (Lipinski definition) is 1. The molecule has 2 heterocycles. The summed E-state index contributed by atoms with van der Waals surface area (Å²) in [6.07, 6.45) is 4.32. The summed E-state index contributed by atoms with van der Waals surface area (Å²) < 4.78 is 14.6. The summed E-state index contributed by atoms with van der Waals surface area (Å²) in [6, 6.07) is 9.51. The summed E-state index contributed by atoms with van der Waals surface area (Å²) in [5, 5.41) is 6.35. The Labute approximate surface area is 209 Å². The lowest BCUT2D eigenvalue weighted by Gasteiger charge is -2.25. The Balaban J connectivity index is 1.34. The van der Waals surface area contributed by atoms with Crippen LogP contribution in [0.15, 0.2) is 46.9 Å². The summed E-state index contributed by atoms with van der Waals surface area (Å²) in [5.41, 5.74) is 4.49. The molecule has 0 atom stereocenters. The Bertz CT molecular complexity index is 1170. The second-order valence-electron chi connectivity index (χ2n) is 8.63. The maximum Gasteiger partial charge on any atom is 0.146 e. The minimum Gasteiger partial charge on any atom is -0.365 e. The normalized spacial score (nSPS) is 13.7. The number of aromatic nitrogens is 2. The number of nitrogens with zero attached hydrogens (tertiary/aromatic N) is 4. The van der Waals surface area contributed by atoms with Crippen LogP contribution in [0.4, 0.5) is 15.9 Å². The number of anilines is 2. The molecule has 1 aliphatic rings. The molecule has 1 aliphatic carbocycles. The van der Waals surface area contributed by atoms with Crippen LogP contribution in [0.3, 0.4) is 0 Å². The van der Waals surface area contributed by atoms with E-state index in [0.29, 0.717) is 24.0 Å². The number of thiazole rings is 1. The van der Waals surface area contributed by atoms with E-state index < -0.39 is 0 Å². The van der Waals surface area contributed by atoms with Gasteiger partial charge in [-0.2, -0.15) is 0 Å². The number of benzene rings is 1. The molecule has 1 saturated carbocycles. The van der Waals surface area contributed by atoms with Crippen molar-refractivity contribution in [3.05, 3.63) is 74.5 Å². The average molecular weight is 496 g/mol. The maximum absolute atomic E-state index is 14.6. The van der Waals surface area contributed by atoms with Crippen LogP contribution in [0.5, 0.6) is 0 Å². The quantitative estimate of drug-likeness (QED) is 0.180. The molecule has 3 aromatic rings. The molecule has 0 aliphatic heterocycles. The Hall–Kier alpha value is -2.71. The molecule has 1 N–H and O–H groups in total. The van der Waals surface area contributed by atoms with Crippen LogP contribution < -0.4 is 10.2 Å². The predicted molar refractivity (Wildman–Crippen MR) is 144 cm³/mol. The van der Waals surface area contributed by atoms with Crippen LogP contribution in [0.25, 0.3) is 5.70 Å². The van der Waals surface area contributed by atoms with Gasteiger partial charge in [0.05, 0.1) is 32.8 Å². The number of halogens is 1. The van der Waals surface area contributed by atoms with Crippen LogP contribution in [-0.2, 0) is 6.54 Å². The van der Waals surface area contributed by atoms with Crippen molar-refractivity contribution in [1.29, 1.82) is 0 Å². The van der Waals surface area contributed by atoms with E-state index in [1.165, 1.54) is 12.8 Å². The van der Waals surface area contributed by atoms with E-state index in [9.17, 15) is 4.39 Å². The maximum atomic E-state index is 14.6. The monoisotopic (exact) mass is 495 g/mol. The Morgan fingerprint density at radius 2 is 2.12 bits per heavy atom. The molecule has 0 amide bonds. The van der Waals surface area contributed by atoms with Gasteiger partial charge in [-0.05, 0) is 81.0 Å². The second kappa shape index (κ2) is 11.1. The van der Waals surface area contributed by atoms with Gasteiger partial charge in [0.25, 0.3) is 0 Å². The number of rotatable bonds is 11. The Morgan fingerprint density at radius 3 is 2.74 bits per heavy atom. The van der Waals surface area contributed by atoms with Crippen LogP contribution in [-0.4, -0.2) is 29.1 Å². The van der Waals surface area contributed by atoms with Gasteiger partial charge >= 0.3 is 0 Å². The van der Waals surface area contributed by atoms with Gasteiger partial charge in [0.2, 0.25) is 0 Å². The van der Waals surface area contributed by atoms with Gasteiger partial charge in [-0.15, -0.1) is 23.1 Å². The third-order valence-electron chi connectivity index (χ3n) is 5.66. The number of thioether (sulfide) groups is 1. The Kier molecular flexibility index (Phi) is 8.00. The van der Waals surface area contributed by atoms with E-state index in [0.717, 1.165) is 44.8 Å². The highest BCUT2D eigenvalue weighted by atomic mass is 32.2. The standard InChI is InChI=1S/C26H30FN5S2/c1-17-5-9-24(22(27)11-17)32(13-20-6-7-20)14-21-8-10-25(29-12-21)30-16-33-15-23(28-4)26-18(2)31-19(3)34-26/h5,8-12,15,20H,4,6-7,13-14,16H2,1-3H3,(H,29,30)/b23-15-. The van der Waals surface area contributed by atoms with Gasteiger partial charge in [0.1, 0.15) is 11.6 Å². The molecule has 4 rings (SSSR count). The third kappa shape index (κ3) is 6.45. The summed E-state index contributed by atoms with van der Waals surface area (Å²) in [6.45, 7) is 11.1. The van der Waals surface area contributed by atoms with Crippen molar-refractivity contribution >= 4 is 47.0 Å². The van der Waals surface area contributed by atoms with E-state index in [1.807, 2.05) is 50.6 Å². The summed E-state index contributed by atoms with van der Waals surface area (Å²) >= 11 is 3.23. The molecule has 0 unspecified atom stereocenters. The number of hydrogen-bond acceptors (Lipinski definition) is 7. The van der Waals surface area contributed by atoms with Gasteiger partial charge < -0.3 is 10.2 Å². The minimum atomic E-state index is -0.158. The molecule has 178 valence electrons. The first kappa shape index (κ1) is 24.4. The Morgan fingerprint density at radius 1 is 1.29 bits per heavy atom. The van der Waals surface area contributed by atoms with Crippen LogP contribution >= 0.6 is 23.1 Å². The van der Waals surface area contributed by atoms with Gasteiger partial charge in [-0.1, -0.05) is 12.1 Å². The number of aliphatic imine (C=N–C) groups is 1. The molecule has 0 radical (unpaired) electrons. The summed E-state index contributed by atoms with van der Waals surface area (Å²) in [5.74, 6) is 1.96. The molecule has 5 nitrogen and oxygen atoms in total. The number of aryl methyl sites for hydroxylation is 3. The molecule has 34 heavy (non-hydrogen) atoms. The van der Waals surface area contributed by atoms with Gasteiger partial charge in [0.15, 0.2) is 0 Å². The lowest BCUT2D eigenvalue weighted by Crippen LogP contribution is -2.26. The molecular weight excluding hydrogens is 465 g/mol. The fraction of sp³-hybridized carbons (Fsp3) is 0.346. The summed E-state index contributed by atoms with van der Waals surface area (Å²) in [4.78, 5) is 16.4. The van der Waals surface area contributed by atoms with Crippen molar-refractivity contribution in [1.82, 2.24) is 9.97 Å². The van der Waals surface area contributed by atoms with E-state index in [-0.39, 0.29) is 5.82 Å². The van der Waals surface area contributed by atoms with Gasteiger partial charge in [-0.25, -0.2) is 14.4 Å². The van der Waals surface area contributed by atoms with Gasteiger partial charge in [0, 0.05) is 19.3 Å². The topological polar surface area (TPSA) is 53.4 Å². The fourth-order valence-corrected chi connectivity index (χ4v) is 5.38. The first-order valence-electron chi connectivity index (χ1n) is 11.4. The smallest absolute Gasteiger partial charge is 0.146 e. The highest BCUT2D eigenvalue weighted by molar-refractivity contribution is 8.02. The second-order valence-corrected chi connectivity index (χ2v) is 10.7. The van der Waals surface area contributed by atoms with Crippen LogP contribution in [0.1, 0.15) is 39.5 Å². The van der Waals surface area contributed by atoms with Gasteiger partial charge in [-0.3, -0.25) is 4.99 Å². The SMILES string of the molecule is C=N/C(=C\SCNc1ccc(CN(CC2CC2)c2ccc(C)cc2F)cn1)c1sc(C)nc1C. The zero-order valence-corrected chi connectivity index (χ0v) is 21.5. The van der Waals surface area contributed by atoms with E-state index in [4.69, 9.17) is 0 Å². The van der Waals surface area contributed by atoms with Crippen LogP contribution in [0, 0.1) is 32.5 Å². The molecule has 0 spiro atoms. The highest BCUT2D eigenvalue weighted by Crippen LogP contribution is 2.33. The average Bonchev–Trinajstić information content (AvgIpc) is 3.56. The first-order chi connectivity index (χ1) is 16.4. The first-order valence-corrected chi connectivity index (χ1v) is 13.2.